The fourth-order valence-corrected chi connectivity index (χ4v) is 5.89. The van der Waals surface area contributed by atoms with Crippen LogP contribution in [0.3, 0.4) is 0 Å². The molecule has 0 fully saturated rings. The third kappa shape index (κ3) is 3.72. The van der Waals surface area contributed by atoms with Gasteiger partial charge in [0.2, 0.25) is 0 Å². The zero-order chi connectivity index (χ0) is 41.4. The number of furan rings is 1. The van der Waals surface area contributed by atoms with Crippen LogP contribution in [-0.4, -0.2) is 0 Å². The highest BCUT2D eigenvalue weighted by Gasteiger charge is 2.20. The van der Waals surface area contributed by atoms with E-state index in [2.05, 4.69) is 0 Å². The molecule has 8 aromatic carbocycles. The molecule has 0 atom stereocenters. The lowest BCUT2D eigenvalue weighted by atomic mass is 9.85. The van der Waals surface area contributed by atoms with Crippen molar-refractivity contribution in [3.63, 3.8) is 0 Å². The third-order valence-electron chi connectivity index (χ3n) is 7.80. The van der Waals surface area contributed by atoms with Crippen molar-refractivity contribution >= 4 is 54.3 Å². The minimum absolute atomic E-state index is 0.0607. The first-order valence-electron chi connectivity index (χ1n) is 21.0. The molecule has 0 unspecified atom stereocenters. The van der Waals surface area contributed by atoms with Crippen LogP contribution >= 0.6 is 0 Å². The molecule has 0 N–H and O–H groups in total. The van der Waals surface area contributed by atoms with Gasteiger partial charge in [0.1, 0.15) is 11.2 Å². The fraction of sp³-hybridized carbons (Fsp3) is 0. The van der Waals surface area contributed by atoms with E-state index in [1.54, 1.807) is 18.2 Å². The summed E-state index contributed by atoms with van der Waals surface area (Å²) in [6.07, 6.45) is 0. The number of para-hydroxylation sites is 2. The van der Waals surface area contributed by atoms with Gasteiger partial charge in [0.05, 0.1) is 20.6 Å². The smallest absolute Gasteiger partial charge is 0.143 e. The Balaban J connectivity index is 1.54. The second-order valence-corrected chi connectivity index (χ2v) is 10.2. The number of hydrogen-bond acceptors (Lipinski definition) is 1. The third-order valence-corrected chi connectivity index (χ3v) is 7.80. The van der Waals surface area contributed by atoms with Gasteiger partial charge in [-0.3, -0.25) is 0 Å². The second kappa shape index (κ2) is 9.44. The Morgan fingerprint density at radius 2 is 1.02 bits per heavy atom. The lowest BCUT2D eigenvalue weighted by Crippen LogP contribution is -1.91. The van der Waals surface area contributed by atoms with Gasteiger partial charge in [-0.05, 0) is 72.7 Å². The molecule has 0 amide bonds. The van der Waals surface area contributed by atoms with Gasteiger partial charge in [0.25, 0.3) is 0 Å². The Kier molecular flexibility index (Phi) is 2.97. The first-order valence-corrected chi connectivity index (χ1v) is 13.5. The Morgan fingerprint density at radius 3 is 1.79 bits per heavy atom. The zero-order valence-corrected chi connectivity index (χ0v) is 22.3. The molecule has 43 heavy (non-hydrogen) atoms. The van der Waals surface area contributed by atoms with E-state index in [0.717, 1.165) is 16.3 Å². The van der Waals surface area contributed by atoms with E-state index in [-0.39, 0.29) is 60.2 Å². The van der Waals surface area contributed by atoms with Crippen molar-refractivity contribution in [2.24, 2.45) is 0 Å². The van der Waals surface area contributed by atoms with Crippen LogP contribution in [0.2, 0.25) is 0 Å². The molecule has 0 spiro atoms. The molecule has 0 aliphatic heterocycles. The SMILES string of the molecule is [2H]c1c([2H])c([2H])c2c(oc3c(-c4c5c([2H])c([2H])c([2H])c([2H])c5c(-c5cccc(-c6ccc7ccccc7c6)c5)c5c([2H])c([2H])c([2H])c([2H])c45)c([2H])c([2H])c([2H])c32)c1[2H]. The molecule has 0 aliphatic rings. The molecule has 1 nitrogen and oxygen atoms in total. The van der Waals surface area contributed by atoms with E-state index >= 15 is 0 Å². The maximum atomic E-state index is 9.36. The maximum Gasteiger partial charge on any atom is 0.143 e. The van der Waals surface area contributed by atoms with Crippen LogP contribution in [-0.2, 0) is 0 Å². The molecule has 1 heterocycles. The van der Waals surface area contributed by atoms with Crippen molar-refractivity contribution in [3.05, 3.63) is 157 Å². The van der Waals surface area contributed by atoms with Gasteiger partial charge >= 0.3 is 0 Å². The Labute approximate surface area is 270 Å². The molecule has 0 bridgehead atoms. The van der Waals surface area contributed by atoms with Crippen LogP contribution in [0.4, 0.5) is 0 Å². The van der Waals surface area contributed by atoms with Crippen molar-refractivity contribution in [2.75, 3.05) is 0 Å². The van der Waals surface area contributed by atoms with Gasteiger partial charge in [-0.2, -0.15) is 0 Å². The first-order chi connectivity index (χ1) is 27.6. The van der Waals surface area contributed by atoms with Crippen LogP contribution in [0.5, 0.6) is 0 Å². The van der Waals surface area contributed by atoms with E-state index in [0.29, 0.717) is 11.1 Å². The highest BCUT2D eigenvalue weighted by molar-refractivity contribution is 6.24. The summed E-state index contributed by atoms with van der Waals surface area (Å²) in [5, 5.41) is 0.642. The Bertz CT molecular complexity index is 3270. The molecule has 0 saturated carbocycles. The van der Waals surface area contributed by atoms with E-state index in [4.69, 9.17) is 18.1 Å². The molecule has 200 valence electrons. The van der Waals surface area contributed by atoms with Crippen molar-refractivity contribution in [1.82, 2.24) is 0 Å². The number of fused-ring (bicyclic) bond motifs is 6. The van der Waals surface area contributed by atoms with Gasteiger partial charge < -0.3 is 4.42 Å². The summed E-state index contributed by atoms with van der Waals surface area (Å²) in [4.78, 5) is 0. The second-order valence-electron chi connectivity index (χ2n) is 10.2. The monoisotopic (exact) mass is 561 g/mol. The van der Waals surface area contributed by atoms with Crippen molar-refractivity contribution < 1.29 is 25.0 Å². The summed E-state index contributed by atoms with van der Waals surface area (Å²) in [6.45, 7) is 0. The molecule has 9 rings (SSSR count). The summed E-state index contributed by atoms with van der Waals surface area (Å²) in [5.74, 6) is 0. The lowest BCUT2D eigenvalue weighted by Gasteiger charge is -2.18. The summed E-state index contributed by atoms with van der Waals surface area (Å²) in [6, 6.07) is 11.3. The highest BCUT2D eigenvalue weighted by Crippen LogP contribution is 2.46. The van der Waals surface area contributed by atoms with Gasteiger partial charge in [0, 0.05) is 21.9 Å². The largest absolute Gasteiger partial charge is 0.455 e. The normalized spacial score (nSPS) is 16.6. The zero-order valence-electron chi connectivity index (χ0n) is 37.3. The maximum absolute atomic E-state index is 9.36. The van der Waals surface area contributed by atoms with Crippen molar-refractivity contribution in [3.8, 4) is 33.4 Å². The molecule has 0 aliphatic carbocycles. The van der Waals surface area contributed by atoms with E-state index in [1.807, 2.05) is 48.5 Å². The van der Waals surface area contributed by atoms with Crippen LogP contribution in [0.25, 0.3) is 87.6 Å². The van der Waals surface area contributed by atoms with Crippen LogP contribution < -0.4 is 0 Å². The number of benzene rings is 8. The average molecular weight is 562 g/mol. The summed E-state index contributed by atoms with van der Waals surface area (Å²) in [7, 11) is 0. The van der Waals surface area contributed by atoms with Gasteiger partial charge in [-0.15, -0.1) is 0 Å². The topological polar surface area (TPSA) is 13.1 Å². The van der Waals surface area contributed by atoms with Gasteiger partial charge in [0.15, 0.2) is 0 Å². The minimum Gasteiger partial charge on any atom is -0.455 e. The number of hydrogen-bond donors (Lipinski definition) is 0. The van der Waals surface area contributed by atoms with E-state index in [9.17, 15) is 6.85 Å². The highest BCUT2D eigenvalue weighted by atomic mass is 16.3. The van der Waals surface area contributed by atoms with Crippen LogP contribution in [0.15, 0.2) is 162 Å². The molecule has 0 saturated heterocycles. The first kappa shape index (κ1) is 13.5. The summed E-state index contributed by atoms with van der Waals surface area (Å²) >= 11 is 0. The van der Waals surface area contributed by atoms with Crippen molar-refractivity contribution in [1.29, 1.82) is 0 Å². The quantitative estimate of drug-likeness (QED) is 0.196. The Morgan fingerprint density at radius 1 is 0.419 bits per heavy atom. The number of rotatable bonds is 3. The Hall–Kier alpha value is -5.66. The van der Waals surface area contributed by atoms with Gasteiger partial charge in [-0.1, -0.05) is 139 Å². The van der Waals surface area contributed by atoms with Crippen LogP contribution in [0, 0.1) is 0 Å². The van der Waals surface area contributed by atoms with E-state index in [1.165, 1.54) is 0 Å². The summed E-state index contributed by atoms with van der Waals surface area (Å²) in [5.41, 5.74) is 0.466. The lowest BCUT2D eigenvalue weighted by molar-refractivity contribution is 0.670. The van der Waals surface area contributed by atoms with E-state index < -0.39 is 90.6 Å². The minimum atomic E-state index is -0.715. The molecule has 1 aromatic heterocycles. The molecular weight excluding hydrogens is 520 g/mol. The standard InChI is InChI=1S/C42H26O/c1-2-12-28-25-30(24-23-27(28)11-1)29-13-9-14-31(26-29)40-33-16-3-5-18-35(33)41(36-19-6-4-17-34(36)40)38-21-10-20-37-32-15-7-8-22-39(32)43-42(37)38/h1-26H/i3D,4D,5D,6D,7D,8D,10D,15D,16D,17D,18D,19D,20D,21D,22D. The molecule has 9 aromatic rings. The summed E-state index contributed by atoms with van der Waals surface area (Å²) < 4.78 is 140. The molecular formula is C42H26O. The average Bonchev–Trinajstić information content (AvgIpc) is 3.63. The predicted octanol–water partition coefficient (Wildman–Crippen LogP) is 12.0. The van der Waals surface area contributed by atoms with Crippen molar-refractivity contribution in [2.45, 2.75) is 0 Å². The fourth-order valence-electron chi connectivity index (χ4n) is 5.89. The molecule has 1 heteroatoms. The predicted molar refractivity (Wildman–Crippen MR) is 183 cm³/mol. The molecule has 0 radical (unpaired) electrons. The van der Waals surface area contributed by atoms with Gasteiger partial charge in [-0.25, -0.2) is 0 Å². The van der Waals surface area contributed by atoms with Crippen LogP contribution in [0.1, 0.15) is 20.6 Å².